The molecule has 0 radical (unpaired) electrons. The van der Waals surface area contributed by atoms with E-state index in [-0.39, 0.29) is 11.3 Å². The number of halogens is 1. The van der Waals surface area contributed by atoms with Crippen LogP contribution in [0, 0.1) is 0 Å². The molecular weight excluding hydrogens is 402 g/mol. The molecule has 0 aliphatic carbocycles. The van der Waals surface area contributed by atoms with Crippen molar-refractivity contribution < 1.29 is 9.90 Å². The second kappa shape index (κ2) is 8.75. The summed E-state index contributed by atoms with van der Waals surface area (Å²) in [6.45, 7) is 0.665. The molecule has 7 nitrogen and oxygen atoms in total. The van der Waals surface area contributed by atoms with E-state index in [9.17, 15) is 9.90 Å². The van der Waals surface area contributed by atoms with E-state index in [1.54, 1.807) is 36.5 Å². The van der Waals surface area contributed by atoms with Gasteiger partial charge in [0.2, 0.25) is 5.95 Å². The van der Waals surface area contributed by atoms with Gasteiger partial charge in [0, 0.05) is 30.6 Å². The number of hydrogen-bond acceptors (Lipinski definition) is 5. The van der Waals surface area contributed by atoms with Crippen LogP contribution in [0.2, 0.25) is 5.02 Å². The first-order valence-corrected chi connectivity index (χ1v) is 9.68. The highest BCUT2D eigenvalue weighted by atomic mass is 35.5. The monoisotopic (exact) mass is 419 g/mol. The number of aromatic carboxylic acids is 1. The molecule has 0 saturated heterocycles. The summed E-state index contributed by atoms with van der Waals surface area (Å²) in [5, 5.41) is 17.7. The molecule has 0 unspecified atom stereocenters. The van der Waals surface area contributed by atoms with Crippen molar-refractivity contribution in [1.82, 2.24) is 19.7 Å². The summed E-state index contributed by atoms with van der Waals surface area (Å²) in [7, 11) is 0. The van der Waals surface area contributed by atoms with Gasteiger partial charge in [-0.25, -0.2) is 14.5 Å². The third-order valence-corrected chi connectivity index (χ3v) is 4.82. The van der Waals surface area contributed by atoms with E-state index in [0.29, 0.717) is 28.9 Å². The van der Waals surface area contributed by atoms with Gasteiger partial charge in [0.05, 0.1) is 5.02 Å². The first kappa shape index (κ1) is 19.6. The van der Waals surface area contributed by atoms with Crippen molar-refractivity contribution >= 4 is 23.5 Å². The van der Waals surface area contributed by atoms with Crippen molar-refractivity contribution in [3.05, 3.63) is 89.2 Å². The maximum Gasteiger partial charge on any atom is 0.339 e. The average molecular weight is 420 g/mol. The molecule has 8 heteroatoms. The number of nitrogens with one attached hydrogen (secondary N) is 1. The highest BCUT2D eigenvalue weighted by Crippen LogP contribution is 2.29. The zero-order valence-corrected chi connectivity index (χ0v) is 16.6. The fourth-order valence-electron chi connectivity index (χ4n) is 3.03. The van der Waals surface area contributed by atoms with Gasteiger partial charge < -0.3 is 10.4 Å². The van der Waals surface area contributed by atoms with E-state index >= 15 is 0 Å². The summed E-state index contributed by atoms with van der Waals surface area (Å²) in [6.07, 6.45) is 3.86. The number of benzene rings is 2. The SMILES string of the molecule is O=C(O)c1cn(-c2ccnc(NCCc3ccccc3)n2)nc1-c1ccccc1Cl. The van der Waals surface area contributed by atoms with Crippen LogP contribution in [0.25, 0.3) is 17.1 Å². The summed E-state index contributed by atoms with van der Waals surface area (Å²) in [5.41, 5.74) is 2.08. The van der Waals surface area contributed by atoms with Crippen LogP contribution in [0.15, 0.2) is 73.1 Å². The number of carboxylic acids is 1. The van der Waals surface area contributed by atoms with Crippen molar-refractivity contribution in [2.24, 2.45) is 0 Å². The maximum atomic E-state index is 11.8. The molecule has 0 bridgehead atoms. The molecule has 0 spiro atoms. The molecule has 4 rings (SSSR count). The van der Waals surface area contributed by atoms with E-state index in [2.05, 4.69) is 32.5 Å². The van der Waals surface area contributed by atoms with Gasteiger partial charge >= 0.3 is 5.97 Å². The minimum Gasteiger partial charge on any atom is -0.478 e. The van der Waals surface area contributed by atoms with Gasteiger partial charge in [0.15, 0.2) is 5.82 Å². The normalized spacial score (nSPS) is 10.7. The highest BCUT2D eigenvalue weighted by molar-refractivity contribution is 6.33. The summed E-state index contributed by atoms with van der Waals surface area (Å²) < 4.78 is 1.42. The summed E-state index contributed by atoms with van der Waals surface area (Å²) in [5.74, 6) is -0.199. The van der Waals surface area contributed by atoms with Crippen LogP contribution in [-0.4, -0.2) is 37.4 Å². The van der Waals surface area contributed by atoms with Crippen molar-refractivity contribution in [2.75, 3.05) is 11.9 Å². The van der Waals surface area contributed by atoms with Gasteiger partial charge in [-0.2, -0.15) is 10.1 Å². The number of aromatic nitrogens is 4. The Morgan fingerprint density at radius 2 is 1.83 bits per heavy atom. The van der Waals surface area contributed by atoms with Crippen LogP contribution < -0.4 is 5.32 Å². The molecular formula is C22H18ClN5O2. The summed E-state index contributed by atoms with van der Waals surface area (Å²) >= 11 is 6.25. The van der Waals surface area contributed by atoms with Crippen molar-refractivity contribution in [3.8, 4) is 17.1 Å². The minimum absolute atomic E-state index is 0.0419. The lowest BCUT2D eigenvalue weighted by molar-refractivity contribution is 0.0697. The van der Waals surface area contributed by atoms with Crippen LogP contribution in [0.3, 0.4) is 0 Å². The predicted molar refractivity (Wildman–Crippen MR) is 115 cm³/mol. The van der Waals surface area contributed by atoms with E-state index in [1.807, 2.05) is 18.2 Å². The van der Waals surface area contributed by atoms with Gasteiger partial charge in [-0.05, 0) is 18.1 Å². The van der Waals surface area contributed by atoms with Crippen molar-refractivity contribution in [1.29, 1.82) is 0 Å². The summed E-state index contributed by atoms with van der Waals surface area (Å²) in [4.78, 5) is 20.4. The molecule has 2 aromatic carbocycles. The lowest BCUT2D eigenvalue weighted by atomic mass is 10.1. The Morgan fingerprint density at radius 3 is 2.60 bits per heavy atom. The second-order valence-corrected chi connectivity index (χ2v) is 6.93. The molecule has 150 valence electrons. The predicted octanol–water partition coefficient (Wildman–Crippen LogP) is 4.34. The van der Waals surface area contributed by atoms with Crippen LogP contribution in [0.1, 0.15) is 15.9 Å². The topological polar surface area (TPSA) is 92.9 Å². The van der Waals surface area contributed by atoms with Crippen LogP contribution in [-0.2, 0) is 6.42 Å². The summed E-state index contributed by atoms with van der Waals surface area (Å²) in [6, 6.07) is 18.8. The Balaban J connectivity index is 1.58. The number of carbonyl (C=O) groups is 1. The van der Waals surface area contributed by atoms with Gasteiger partial charge in [-0.3, -0.25) is 0 Å². The number of rotatable bonds is 7. The lowest BCUT2D eigenvalue weighted by Crippen LogP contribution is -2.09. The standard InChI is InChI=1S/C22H18ClN5O2/c23-18-9-5-4-8-16(18)20-17(21(29)30)14-28(27-20)19-11-13-25-22(26-19)24-12-10-15-6-2-1-3-7-15/h1-9,11,13-14H,10,12H2,(H,29,30)(H,24,25,26). The molecule has 0 amide bonds. The average Bonchev–Trinajstić information content (AvgIpc) is 3.21. The van der Waals surface area contributed by atoms with Crippen LogP contribution >= 0.6 is 11.6 Å². The fourth-order valence-corrected chi connectivity index (χ4v) is 3.25. The van der Waals surface area contributed by atoms with E-state index in [0.717, 1.165) is 6.42 Å². The van der Waals surface area contributed by atoms with Gasteiger partial charge in [-0.15, -0.1) is 0 Å². The Hall–Kier alpha value is -3.71. The van der Waals surface area contributed by atoms with Gasteiger partial charge in [0.1, 0.15) is 11.3 Å². The molecule has 0 saturated carbocycles. The Labute approximate surface area is 178 Å². The zero-order valence-electron chi connectivity index (χ0n) is 15.9. The number of anilines is 1. The second-order valence-electron chi connectivity index (χ2n) is 6.52. The van der Waals surface area contributed by atoms with E-state index < -0.39 is 5.97 Å². The minimum atomic E-state index is -1.09. The molecule has 4 aromatic rings. The quantitative estimate of drug-likeness (QED) is 0.463. The van der Waals surface area contributed by atoms with Crippen LogP contribution in [0.5, 0.6) is 0 Å². The molecule has 0 aliphatic heterocycles. The first-order valence-electron chi connectivity index (χ1n) is 9.31. The largest absolute Gasteiger partial charge is 0.478 e. The molecule has 2 N–H and O–H groups in total. The first-order chi connectivity index (χ1) is 14.6. The lowest BCUT2D eigenvalue weighted by Gasteiger charge is -2.07. The van der Waals surface area contributed by atoms with E-state index in [4.69, 9.17) is 11.6 Å². The van der Waals surface area contributed by atoms with Gasteiger partial charge in [0.25, 0.3) is 0 Å². The number of hydrogen-bond donors (Lipinski definition) is 2. The Morgan fingerprint density at radius 1 is 1.07 bits per heavy atom. The molecule has 0 fully saturated rings. The number of carboxylic acid groups (broad SMARTS) is 1. The van der Waals surface area contributed by atoms with Crippen molar-refractivity contribution in [2.45, 2.75) is 6.42 Å². The highest BCUT2D eigenvalue weighted by Gasteiger charge is 2.20. The fraction of sp³-hybridized carbons (Fsp3) is 0.0909. The van der Waals surface area contributed by atoms with E-state index in [1.165, 1.54) is 16.4 Å². The number of nitrogens with zero attached hydrogens (tertiary/aromatic N) is 4. The molecule has 30 heavy (non-hydrogen) atoms. The van der Waals surface area contributed by atoms with Gasteiger partial charge in [-0.1, -0.05) is 60.1 Å². The zero-order chi connectivity index (χ0) is 20.9. The smallest absolute Gasteiger partial charge is 0.339 e. The molecule has 0 atom stereocenters. The molecule has 2 aromatic heterocycles. The third kappa shape index (κ3) is 4.31. The van der Waals surface area contributed by atoms with Crippen molar-refractivity contribution in [3.63, 3.8) is 0 Å². The molecule has 2 heterocycles. The Kier molecular flexibility index (Phi) is 5.72. The van der Waals surface area contributed by atoms with Crippen LogP contribution in [0.4, 0.5) is 5.95 Å². The third-order valence-electron chi connectivity index (χ3n) is 4.49. The molecule has 0 aliphatic rings. The maximum absolute atomic E-state index is 11.8. The Bertz CT molecular complexity index is 1180.